The van der Waals surface area contributed by atoms with Gasteiger partial charge in [0.15, 0.2) is 0 Å². The van der Waals surface area contributed by atoms with Gasteiger partial charge in [0.05, 0.1) is 5.02 Å². The number of benzene rings is 2. The summed E-state index contributed by atoms with van der Waals surface area (Å²) in [5.74, 6) is -1.59. The Morgan fingerprint density at radius 2 is 1.90 bits per heavy atom. The minimum atomic E-state index is -0.673. The number of hydrogen-bond donors (Lipinski definition) is 1. The first-order chi connectivity index (χ1) is 9.47. The lowest BCUT2D eigenvalue weighted by Crippen LogP contribution is -2.23. The first kappa shape index (κ1) is 14.9. The number of halogens is 4. The van der Waals surface area contributed by atoms with Crippen LogP contribution < -0.4 is 5.32 Å². The van der Waals surface area contributed by atoms with Crippen molar-refractivity contribution < 1.29 is 13.6 Å². The van der Waals surface area contributed by atoms with Crippen molar-refractivity contribution in [2.45, 2.75) is 6.54 Å². The largest absolute Gasteiger partial charge is 0.348 e. The molecule has 0 saturated carbocycles. The molecule has 1 N–H and O–H groups in total. The summed E-state index contributed by atoms with van der Waals surface area (Å²) >= 11 is 8.76. The minimum absolute atomic E-state index is 0.00829. The van der Waals surface area contributed by atoms with E-state index in [2.05, 4.69) is 21.2 Å². The normalized spacial score (nSPS) is 10.4. The Kier molecular flexibility index (Phi) is 4.73. The lowest BCUT2D eigenvalue weighted by Gasteiger charge is -2.07. The molecule has 0 saturated heterocycles. The maximum absolute atomic E-state index is 13.5. The van der Waals surface area contributed by atoms with Gasteiger partial charge < -0.3 is 5.32 Å². The maximum atomic E-state index is 13.5. The van der Waals surface area contributed by atoms with E-state index in [1.165, 1.54) is 18.2 Å². The smallest absolute Gasteiger partial charge is 0.251 e. The highest BCUT2D eigenvalue weighted by molar-refractivity contribution is 9.10. The predicted molar refractivity (Wildman–Crippen MR) is 76.7 cm³/mol. The summed E-state index contributed by atoms with van der Waals surface area (Å²) in [6, 6.07) is 8.17. The van der Waals surface area contributed by atoms with Gasteiger partial charge in [0.2, 0.25) is 0 Å². The molecule has 2 nitrogen and oxygen atoms in total. The van der Waals surface area contributed by atoms with Gasteiger partial charge in [-0.1, -0.05) is 27.5 Å². The number of amides is 1. The lowest BCUT2D eigenvalue weighted by atomic mass is 10.2. The number of carbonyl (C=O) groups is 1. The third-order valence-corrected chi connectivity index (χ3v) is 3.43. The van der Waals surface area contributed by atoms with E-state index in [0.29, 0.717) is 10.0 Å². The highest BCUT2D eigenvalue weighted by Crippen LogP contribution is 2.17. The van der Waals surface area contributed by atoms with Crippen molar-refractivity contribution in [1.29, 1.82) is 0 Å². The third kappa shape index (κ3) is 3.55. The van der Waals surface area contributed by atoms with Crippen LogP contribution in [0.5, 0.6) is 0 Å². The molecule has 0 atom stereocenters. The fourth-order valence-electron chi connectivity index (χ4n) is 1.59. The van der Waals surface area contributed by atoms with Crippen LogP contribution in [-0.4, -0.2) is 5.91 Å². The van der Waals surface area contributed by atoms with E-state index >= 15 is 0 Å². The van der Waals surface area contributed by atoms with E-state index in [1.807, 2.05) is 0 Å². The molecule has 104 valence electrons. The van der Waals surface area contributed by atoms with Crippen LogP contribution >= 0.6 is 27.5 Å². The average molecular weight is 361 g/mol. The highest BCUT2D eigenvalue weighted by atomic mass is 79.9. The Morgan fingerprint density at radius 1 is 1.15 bits per heavy atom. The van der Waals surface area contributed by atoms with Gasteiger partial charge >= 0.3 is 0 Å². The van der Waals surface area contributed by atoms with Crippen molar-refractivity contribution in [1.82, 2.24) is 5.32 Å². The van der Waals surface area contributed by atoms with E-state index in [9.17, 15) is 13.6 Å². The second-order valence-corrected chi connectivity index (χ2v) is 5.37. The fourth-order valence-corrected chi connectivity index (χ4v) is 2.12. The topological polar surface area (TPSA) is 29.1 Å². The molecule has 0 heterocycles. The van der Waals surface area contributed by atoms with Crippen LogP contribution in [0.15, 0.2) is 40.9 Å². The summed E-state index contributed by atoms with van der Waals surface area (Å²) in [6.45, 7) is 0.00829. The van der Waals surface area contributed by atoms with Gasteiger partial charge in [-0.25, -0.2) is 8.78 Å². The molecular weight excluding hydrogens is 352 g/mol. The molecule has 0 aliphatic carbocycles. The molecule has 20 heavy (non-hydrogen) atoms. The summed E-state index contributed by atoms with van der Waals surface area (Å²) in [4.78, 5) is 11.8. The Labute approximate surface area is 127 Å². The molecule has 0 aliphatic rings. The lowest BCUT2D eigenvalue weighted by molar-refractivity contribution is 0.0950. The second kappa shape index (κ2) is 6.33. The molecule has 0 aliphatic heterocycles. The summed E-state index contributed by atoms with van der Waals surface area (Å²) in [6.07, 6.45) is 0. The van der Waals surface area contributed by atoms with E-state index in [4.69, 9.17) is 11.6 Å². The fraction of sp³-hybridized carbons (Fsp3) is 0.0714. The van der Waals surface area contributed by atoms with Gasteiger partial charge in [0.1, 0.15) is 11.6 Å². The highest BCUT2D eigenvalue weighted by Gasteiger charge is 2.10. The van der Waals surface area contributed by atoms with E-state index in [-0.39, 0.29) is 17.1 Å². The molecule has 2 aromatic rings. The van der Waals surface area contributed by atoms with Crippen LogP contribution in [0.1, 0.15) is 15.9 Å². The second-order valence-electron chi connectivity index (χ2n) is 4.05. The molecule has 0 aromatic heterocycles. The zero-order chi connectivity index (χ0) is 14.7. The van der Waals surface area contributed by atoms with Crippen LogP contribution in [0, 0.1) is 11.6 Å². The van der Waals surface area contributed by atoms with Crippen molar-refractivity contribution in [2.75, 3.05) is 0 Å². The van der Waals surface area contributed by atoms with Gasteiger partial charge in [-0.3, -0.25) is 4.79 Å². The van der Waals surface area contributed by atoms with E-state index in [0.717, 1.165) is 6.07 Å². The van der Waals surface area contributed by atoms with Crippen molar-refractivity contribution in [3.8, 4) is 0 Å². The maximum Gasteiger partial charge on any atom is 0.251 e. The van der Waals surface area contributed by atoms with Crippen LogP contribution in [0.4, 0.5) is 8.78 Å². The summed E-state index contributed by atoms with van der Waals surface area (Å²) in [5.41, 5.74) is 0.462. The van der Waals surface area contributed by atoms with E-state index in [1.54, 1.807) is 12.1 Å². The Hall–Kier alpha value is -1.46. The van der Waals surface area contributed by atoms with Gasteiger partial charge in [-0.2, -0.15) is 0 Å². The predicted octanol–water partition coefficient (Wildman–Crippen LogP) is 4.31. The first-order valence-corrected chi connectivity index (χ1v) is 6.81. The Morgan fingerprint density at radius 3 is 2.60 bits per heavy atom. The standard InChI is InChI=1S/C14H9BrClF2NO/c15-10-2-4-12(17)9(5-10)7-19-14(20)8-1-3-11(16)13(18)6-8/h1-6H,7H2,(H,19,20). The van der Waals surface area contributed by atoms with Crippen LogP contribution in [-0.2, 0) is 6.54 Å². The Bertz CT molecular complexity index is 664. The van der Waals surface area contributed by atoms with Crippen molar-refractivity contribution >= 4 is 33.4 Å². The molecule has 0 spiro atoms. The summed E-state index contributed by atoms with van der Waals surface area (Å²) < 4.78 is 27.4. The van der Waals surface area contributed by atoms with Crippen molar-refractivity contribution in [2.24, 2.45) is 0 Å². The molecule has 0 fully saturated rings. The minimum Gasteiger partial charge on any atom is -0.348 e. The number of hydrogen-bond acceptors (Lipinski definition) is 1. The summed E-state index contributed by atoms with van der Waals surface area (Å²) in [7, 11) is 0. The molecular formula is C14H9BrClF2NO. The zero-order valence-electron chi connectivity index (χ0n) is 10.1. The SMILES string of the molecule is O=C(NCc1cc(Br)ccc1F)c1ccc(Cl)c(F)c1. The van der Waals surface area contributed by atoms with E-state index < -0.39 is 17.5 Å². The number of nitrogens with one attached hydrogen (secondary N) is 1. The van der Waals surface area contributed by atoms with Crippen molar-refractivity contribution in [3.05, 3.63) is 68.7 Å². The first-order valence-electron chi connectivity index (χ1n) is 5.64. The van der Waals surface area contributed by atoms with Gasteiger partial charge in [-0.05, 0) is 36.4 Å². The number of rotatable bonds is 3. The Balaban J connectivity index is 2.08. The molecule has 0 radical (unpaired) electrons. The zero-order valence-corrected chi connectivity index (χ0v) is 12.4. The van der Waals surface area contributed by atoms with Crippen LogP contribution in [0.2, 0.25) is 5.02 Å². The molecule has 0 unspecified atom stereocenters. The van der Waals surface area contributed by atoms with Gasteiger partial charge in [0.25, 0.3) is 5.91 Å². The van der Waals surface area contributed by atoms with Crippen LogP contribution in [0.3, 0.4) is 0 Å². The van der Waals surface area contributed by atoms with Crippen molar-refractivity contribution in [3.63, 3.8) is 0 Å². The third-order valence-electron chi connectivity index (χ3n) is 2.63. The molecule has 6 heteroatoms. The molecule has 1 amide bonds. The molecule has 0 bridgehead atoms. The monoisotopic (exact) mass is 359 g/mol. The quantitative estimate of drug-likeness (QED) is 0.868. The van der Waals surface area contributed by atoms with Gasteiger partial charge in [0, 0.05) is 22.1 Å². The average Bonchev–Trinajstić information content (AvgIpc) is 2.42. The van der Waals surface area contributed by atoms with Crippen LogP contribution in [0.25, 0.3) is 0 Å². The van der Waals surface area contributed by atoms with Gasteiger partial charge in [-0.15, -0.1) is 0 Å². The number of carbonyl (C=O) groups excluding carboxylic acids is 1. The molecule has 2 rings (SSSR count). The summed E-state index contributed by atoms with van der Waals surface area (Å²) in [5, 5.41) is 2.46. The molecule has 2 aromatic carbocycles.